The molecule has 7 nitrogen and oxygen atoms in total. The summed E-state index contributed by atoms with van der Waals surface area (Å²) in [5, 5.41) is 0.285. The quantitative estimate of drug-likeness (QED) is 0.736. The molecule has 0 saturated heterocycles. The van der Waals surface area contributed by atoms with Gasteiger partial charge in [0, 0.05) is 6.54 Å². The molecule has 2 N–H and O–H groups in total. The van der Waals surface area contributed by atoms with E-state index in [9.17, 15) is 18.0 Å². The minimum atomic E-state index is -4.22. The van der Waals surface area contributed by atoms with E-state index in [4.69, 9.17) is 4.55 Å². The highest BCUT2D eigenvalue weighted by molar-refractivity contribution is 7.85. The van der Waals surface area contributed by atoms with Crippen LogP contribution in [0.3, 0.4) is 0 Å². The van der Waals surface area contributed by atoms with Crippen molar-refractivity contribution in [2.45, 2.75) is 6.54 Å². The lowest BCUT2D eigenvalue weighted by molar-refractivity contribution is 0.477. The average Bonchev–Trinajstić information content (AvgIpc) is 2.27. The Morgan fingerprint density at radius 2 is 1.89 bits per heavy atom. The Kier molecular flexibility index (Phi) is 3.05. The predicted molar refractivity (Wildman–Crippen MR) is 65.2 cm³/mol. The van der Waals surface area contributed by atoms with Crippen LogP contribution in [0.1, 0.15) is 0 Å². The zero-order valence-corrected chi connectivity index (χ0v) is 9.98. The topological polar surface area (TPSA) is 109 Å². The summed E-state index contributed by atoms with van der Waals surface area (Å²) in [6.07, 6.45) is 0. The highest BCUT2D eigenvalue weighted by Gasteiger charge is 2.10. The van der Waals surface area contributed by atoms with Crippen molar-refractivity contribution < 1.29 is 13.0 Å². The molecule has 0 saturated carbocycles. The number of fused-ring (bicyclic) bond motifs is 1. The number of aromatic amines is 1. The molecule has 0 spiro atoms. The van der Waals surface area contributed by atoms with Gasteiger partial charge in [-0.15, -0.1) is 0 Å². The first-order chi connectivity index (χ1) is 8.38. The van der Waals surface area contributed by atoms with Crippen molar-refractivity contribution in [3.8, 4) is 0 Å². The number of nitrogens with zero attached hydrogens (tertiary/aromatic N) is 1. The van der Waals surface area contributed by atoms with E-state index in [0.717, 1.165) is 4.57 Å². The SMILES string of the molecule is O=c1[nH]c2ccccc2c(=O)n1CCS(=O)(=O)O. The molecule has 0 fully saturated rings. The summed E-state index contributed by atoms with van der Waals surface area (Å²) >= 11 is 0. The van der Waals surface area contributed by atoms with E-state index in [1.807, 2.05) is 0 Å². The first-order valence-corrected chi connectivity index (χ1v) is 6.66. The molecule has 0 aliphatic rings. The van der Waals surface area contributed by atoms with Gasteiger partial charge in [0.15, 0.2) is 0 Å². The van der Waals surface area contributed by atoms with Gasteiger partial charge >= 0.3 is 5.69 Å². The molecule has 8 heteroatoms. The highest BCUT2D eigenvalue weighted by atomic mass is 32.2. The van der Waals surface area contributed by atoms with Crippen LogP contribution >= 0.6 is 0 Å². The van der Waals surface area contributed by atoms with Gasteiger partial charge in [-0.2, -0.15) is 8.42 Å². The van der Waals surface area contributed by atoms with Gasteiger partial charge < -0.3 is 4.98 Å². The minimum Gasteiger partial charge on any atom is -0.307 e. The molecule has 0 bridgehead atoms. The number of hydrogen-bond donors (Lipinski definition) is 2. The van der Waals surface area contributed by atoms with Gasteiger partial charge in [0.05, 0.1) is 16.7 Å². The summed E-state index contributed by atoms with van der Waals surface area (Å²) in [5.74, 6) is -0.686. The number of rotatable bonds is 3. The lowest BCUT2D eigenvalue weighted by atomic mass is 10.2. The van der Waals surface area contributed by atoms with Crippen LogP contribution in [0.4, 0.5) is 0 Å². The summed E-state index contributed by atoms with van der Waals surface area (Å²) in [4.78, 5) is 26.0. The normalized spacial score (nSPS) is 11.8. The van der Waals surface area contributed by atoms with E-state index in [1.54, 1.807) is 18.2 Å². The summed E-state index contributed by atoms with van der Waals surface area (Å²) < 4.78 is 30.6. The molecular weight excluding hydrogens is 260 g/mol. The standard InChI is InChI=1S/C10H10N2O5S/c13-9-7-3-1-2-4-8(7)11-10(14)12(9)5-6-18(15,16)17/h1-4H,5-6H2,(H,11,14)(H,15,16,17). The van der Waals surface area contributed by atoms with Gasteiger partial charge in [-0.3, -0.25) is 13.9 Å². The average molecular weight is 270 g/mol. The highest BCUT2D eigenvalue weighted by Crippen LogP contribution is 2.02. The third-order valence-electron chi connectivity index (χ3n) is 2.46. The second-order valence-electron chi connectivity index (χ2n) is 3.72. The van der Waals surface area contributed by atoms with E-state index in [0.29, 0.717) is 5.52 Å². The van der Waals surface area contributed by atoms with E-state index < -0.39 is 33.7 Å². The fourth-order valence-electron chi connectivity index (χ4n) is 1.61. The van der Waals surface area contributed by atoms with E-state index in [2.05, 4.69) is 4.98 Å². The van der Waals surface area contributed by atoms with Gasteiger partial charge in [-0.1, -0.05) is 12.1 Å². The number of benzene rings is 1. The predicted octanol–water partition coefficient (Wildman–Crippen LogP) is -0.422. The fraction of sp³-hybridized carbons (Fsp3) is 0.200. The molecule has 0 unspecified atom stereocenters. The second kappa shape index (κ2) is 4.39. The van der Waals surface area contributed by atoms with Crippen LogP contribution in [0, 0.1) is 0 Å². The minimum absolute atomic E-state index is 0.285. The Morgan fingerprint density at radius 1 is 1.22 bits per heavy atom. The zero-order valence-electron chi connectivity index (χ0n) is 9.16. The molecule has 0 aliphatic heterocycles. The van der Waals surface area contributed by atoms with Crippen molar-refractivity contribution in [2.24, 2.45) is 0 Å². The molecule has 0 radical (unpaired) electrons. The largest absolute Gasteiger partial charge is 0.328 e. The molecule has 2 rings (SSSR count). The van der Waals surface area contributed by atoms with Gasteiger partial charge in [-0.25, -0.2) is 4.79 Å². The molecule has 18 heavy (non-hydrogen) atoms. The van der Waals surface area contributed by atoms with Crippen LogP contribution in [0.25, 0.3) is 10.9 Å². The van der Waals surface area contributed by atoms with Crippen molar-refractivity contribution in [3.63, 3.8) is 0 Å². The maximum atomic E-state index is 11.9. The monoisotopic (exact) mass is 270 g/mol. The molecule has 1 heterocycles. The van der Waals surface area contributed by atoms with Crippen LogP contribution in [0.15, 0.2) is 33.9 Å². The summed E-state index contributed by atoms with van der Waals surface area (Å²) in [5.41, 5.74) is -0.907. The van der Waals surface area contributed by atoms with E-state index in [1.165, 1.54) is 6.07 Å². The van der Waals surface area contributed by atoms with Gasteiger partial charge in [-0.05, 0) is 12.1 Å². The molecule has 96 valence electrons. The Balaban J connectivity index is 2.58. The van der Waals surface area contributed by atoms with E-state index >= 15 is 0 Å². The number of aromatic nitrogens is 2. The van der Waals surface area contributed by atoms with Crippen LogP contribution in [-0.2, 0) is 16.7 Å². The molecule has 0 amide bonds. The van der Waals surface area contributed by atoms with Crippen LogP contribution in [0.5, 0.6) is 0 Å². The molecule has 0 atom stereocenters. The third-order valence-corrected chi connectivity index (χ3v) is 3.16. The Morgan fingerprint density at radius 3 is 2.56 bits per heavy atom. The number of para-hydroxylation sites is 1. The van der Waals surface area contributed by atoms with Crippen molar-refractivity contribution in [3.05, 3.63) is 45.1 Å². The summed E-state index contributed by atoms with van der Waals surface area (Å²) in [6.45, 7) is -0.391. The van der Waals surface area contributed by atoms with Crippen LogP contribution < -0.4 is 11.2 Å². The first-order valence-electron chi connectivity index (χ1n) is 5.05. The number of H-pyrrole nitrogens is 1. The van der Waals surface area contributed by atoms with Crippen LogP contribution in [0.2, 0.25) is 0 Å². The molecule has 2 aromatic rings. The van der Waals surface area contributed by atoms with Crippen molar-refractivity contribution in [1.82, 2.24) is 9.55 Å². The Bertz CT molecular complexity index is 803. The van der Waals surface area contributed by atoms with Gasteiger partial charge in [0.25, 0.3) is 15.7 Å². The third kappa shape index (κ3) is 2.49. The maximum Gasteiger partial charge on any atom is 0.328 e. The van der Waals surface area contributed by atoms with E-state index in [-0.39, 0.29) is 5.39 Å². The molecule has 0 aliphatic carbocycles. The zero-order chi connectivity index (χ0) is 13.3. The van der Waals surface area contributed by atoms with Gasteiger partial charge in [0.2, 0.25) is 0 Å². The number of nitrogens with one attached hydrogen (secondary N) is 1. The molecule has 1 aromatic carbocycles. The van der Waals surface area contributed by atoms with Crippen molar-refractivity contribution >= 4 is 21.0 Å². The second-order valence-corrected chi connectivity index (χ2v) is 5.29. The Hall–Kier alpha value is -1.93. The maximum absolute atomic E-state index is 11.9. The summed E-state index contributed by atoms with van der Waals surface area (Å²) in [6, 6.07) is 6.40. The van der Waals surface area contributed by atoms with Crippen molar-refractivity contribution in [2.75, 3.05) is 5.75 Å². The Labute approximate surface area is 101 Å². The lowest BCUT2D eigenvalue weighted by Crippen LogP contribution is -2.36. The molecular formula is C10H10N2O5S. The lowest BCUT2D eigenvalue weighted by Gasteiger charge is -2.04. The fourth-order valence-corrected chi connectivity index (χ4v) is 2.02. The first kappa shape index (κ1) is 12.5. The van der Waals surface area contributed by atoms with Crippen molar-refractivity contribution in [1.29, 1.82) is 0 Å². The summed E-state index contributed by atoms with van der Waals surface area (Å²) in [7, 11) is -4.22. The number of hydrogen-bond acceptors (Lipinski definition) is 4. The van der Waals surface area contributed by atoms with Gasteiger partial charge in [0.1, 0.15) is 0 Å². The smallest absolute Gasteiger partial charge is 0.307 e. The van der Waals surface area contributed by atoms with Crippen LogP contribution in [-0.4, -0.2) is 28.3 Å². The molecule has 1 aromatic heterocycles.